The van der Waals surface area contributed by atoms with E-state index in [4.69, 9.17) is 0 Å². The normalized spacial score (nSPS) is 9.53. The highest BCUT2D eigenvalue weighted by Gasteiger charge is 2.02. The molecule has 0 unspecified atom stereocenters. The number of rotatable bonds is 2. The minimum Gasteiger partial charge on any atom is -0.506 e. The van der Waals surface area contributed by atoms with Crippen LogP contribution in [0, 0.1) is 13.8 Å². The fourth-order valence-corrected chi connectivity index (χ4v) is 1.50. The molecular weight excluding hydrogens is 238 g/mol. The number of halogens is 1. The van der Waals surface area contributed by atoms with E-state index in [9.17, 15) is 5.11 Å². The molecule has 0 aliphatic heterocycles. The zero-order chi connectivity index (χ0) is 11.5. The summed E-state index contributed by atoms with van der Waals surface area (Å²) >= 11 is 0. The Balaban J connectivity index is 0.00000144. The first-order valence-electron chi connectivity index (χ1n) is 5.02. The number of nitrogens with zero attached hydrogens (tertiary/aromatic N) is 2. The quantitative estimate of drug-likeness (QED) is 0.806. The van der Waals surface area contributed by atoms with E-state index in [1.165, 1.54) is 0 Å². The molecule has 2 rings (SSSR count). The van der Waals surface area contributed by atoms with Crippen LogP contribution < -0.4 is 5.32 Å². The zero-order valence-electron chi connectivity index (χ0n) is 9.64. The number of anilines is 2. The molecule has 0 amide bonds. The second-order valence-electron chi connectivity index (χ2n) is 3.58. The highest BCUT2D eigenvalue weighted by Crippen LogP contribution is 2.24. The Hall–Kier alpha value is -1.81. The van der Waals surface area contributed by atoms with Crippen LogP contribution in [0.5, 0.6) is 5.75 Å². The van der Waals surface area contributed by atoms with Crippen molar-refractivity contribution in [3.8, 4) is 5.75 Å². The Labute approximate surface area is 106 Å². The number of phenolic OH excluding ortho intramolecular Hbond substituents is 1. The number of aryl methyl sites for hydroxylation is 2. The van der Waals surface area contributed by atoms with Gasteiger partial charge < -0.3 is 10.4 Å². The summed E-state index contributed by atoms with van der Waals surface area (Å²) in [5, 5.41) is 12.7. The highest BCUT2D eigenvalue weighted by atomic mass is 35.5. The van der Waals surface area contributed by atoms with Crippen molar-refractivity contribution in [3.05, 3.63) is 41.9 Å². The van der Waals surface area contributed by atoms with Crippen molar-refractivity contribution >= 4 is 23.9 Å². The summed E-state index contributed by atoms with van der Waals surface area (Å²) in [6.45, 7) is 3.74. The number of hydrogen-bond acceptors (Lipinski definition) is 4. The standard InChI is InChI=1S/C12H13N3O.ClH/c1-8-7-12(14-9(2)13-8)15-10-5-3-4-6-11(10)16;/h3-7,16H,1-2H3,(H,13,14,15);1H. The summed E-state index contributed by atoms with van der Waals surface area (Å²) in [5.74, 6) is 1.60. The summed E-state index contributed by atoms with van der Waals surface area (Å²) in [7, 11) is 0. The van der Waals surface area contributed by atoms with E-state index in [1.54, 1.807) is 18.2 Å². The number of benzene rings is 1. The predicted octanol–water partition coefficient (Wildman–Crippen LogP) is 2.96. The number of aromatic nitrogens is 2. The summed E-state index contributed by atoms with van der Waals surface area (Å²) in [5.41, 5.74) is 1.53. The smallest absolute Gasteiger partial charge is 0.139 e. The van der Waals surface area contributed by atoms with Gasteiger partial charge in [-0.05, 0) is 26.0 Å². The number of nitrogens with one attached hydrogen (secondary N) is 1. The van der Waals surface area contributed by atoms with Gasteiger partial charge in [0.05, 0.1) is 5.69 Å². The molecule has 0 radical (unpaired) electrons. The molecule has 0 fully saturated rings. The third-order valence-electron chi connectivity index (χ3n) is 2.13. The molecule has 0 aliphatic carbocycles. The van der Waals surface area contributed by atoms with Crippen molar-refractivity contribution in [1.82, 2.24) is 9.97 Å². The van der Waals surface area contributed by atoms with Crippen molar-refractivity contribution in [3.63, 3.8) is 0 Å². The van der Waals surface area contributed by atoms with Gasteiger partial charge in [-0.1, -0.05) is 12.1 Å². The number of hydrogen-bond donors (Lipinski definition) is 2. The van der Waals surface area contributed by atoms with Gasteiger partial charge in [0.15, 0.2) is 0 Å². The molecule has 4 nitrogen and oxygen atoms in total. The van der Waals surface area contributed by atoms with Crippen LogP contribution in [-0.4, -0.2) is 15.1 Å². The summed E-state index contributed by atoms with van der Waals surface area (Å²) in [6, 6.07) is 8.88. The van der Waals surface area contributed by atoms with E-state index >= 15 is 0 Å². The summed E-state index contributed by atoms with van der Waals surface area (Å²) in [4.78, 5) is 8.42. The van der Waals surface area contributed by atoms with Crippen LogP contribution in [-0.2, 0) is 0 Å². The van der Waals surface area contributed by atoms with Gasteiger partial charge in [-0.2, -0.15) is 0 Å². The lowest BCUT2D eigenvalue weighted by molar-refractivity contribution is 0.477. The number of para-hydroxylation sites is 2. The number of aromatic hydroxyl groups is 1. The van der Waals surface area contributed by atoms with Crippen LogP contribution in [0.25, 0.3) is 0 Å². The average Bonchev–Trinajstić information content (AvgIpc) is 2.20. The van der Waals surface area contributed by atoms with Crippen molar-refractivity contribution in [2.24, 2.45) is 0 Å². The Morgan fingerprint density at radius 3 is 2.47 bits per heavy atom. The molecule has 0 saturated heterocycles. The molecule has 0 bridgehead atoms. The Morgan fingerprint density at radius 1 is 1.12 bits per heavy atom. The average molecular weight is 252 g/mol. The van der Waals surface area contributed by atoms with Gasteiger partial charge >= 0.3 is 0 Å². The van der Waals surface area contributed by atoms with Crippen LogP contribution >= 0.6 is 12.4 Å². The lowest BCUT2D eigenvalue weighted by atomic mass is 10.3. The molecule has 1 heterocycles. The molecule has 17 heavy (non-hydrogen) atoms. The maximum absolute atomic E-state index is 9.60. The molecule has 0 spiro atoms. The molecule has 2 N–H and O–H groups in total. The van der Waals surface area contributed by atoms with E-state index in [0.717, 1.165) is 5.69 Å². The van der Waals surface area contributed by atoms with Crippen molar-refractivity contribution < 1.29 is 5.11 Å². The largest absolute Gasteiger partial charge is 0.506 e. The molecule has 5 heteroatoms. The maximum Gasteiger partial charge on any atom is 0.139 e. The van der Waals surface area contributed by atoms with E-state index < -0.39 is 0 Å². The molecule has 90 valence electrons. The van der Waals surface area contributed by atoms with Gasteiger partial charge in [-0.3, -0.25) is 0 Å². The van der Waals surface area contributed by atoms with Crippen molar-refractivity contribution in [2.75, 3.05) is 5.32 Å². The monoisotopic (exact) mass is 251 g/mol. The lowest BCUT2D eigenvalue weighted by Crippen LogP contribution is -1.98. The molecular formula is C12H14ClN3O. The second-order valence-corrected chi connectivity index (χ2v) is 3.58. The molecule has 0 aliphatic rings. The minimum atomic E-state index is 0. The fraction of sp³-hybridized carbons (Fsp3) is 0.167. The first kappa shape index (κ1) is 13.3. The zero-order valence-corrected chi connectivity index (χ0v) is 10.5. The van der Waals surface area contributed by atoms with E-state index in [-0.39, 0.29) is 18.2 Å². The van der Waals surface area contributed by atoms with Gasteiger partial charge in [-0.25, -0.2) is 9.97 Å². The predicted molar refractivity (Wildman–Crippen MR) is 70.1 cm³/mol. The number of phenols is 1. The summed E-state index contributed by atoms with van der Waals surface area (Å²) < 4.78 is 0. The van der Waals surface area contributed by atoms with Crippen LogP contribution in [0.4, 0.5) is 11.5 Å². The Morgan fingerprint density at radius 2 is 1.82 bits per heavy atom. The first-order valence-corrected chi connectivity index (χ1v) is 5.02. The molecule has 2 aromatic rings. The molecule has 1 aromatic heterocycles. The van der Waals surface area contributed by atoms with Crippen molar-refractivity contribution in [1.29, 1.82) is 0 Å². The van der Waals surface area contributed by atoms with Gasteiger partial charge in [0.1, 0.15) is 17.4 Å². The summed E-state index contributed by atoms with van der Waals surface area (Å²) in [6.07, 6.45) is 0. The third-order valence-corrected chi connectivity index (χ3v) is 2.13. The fourth-order valence-electron chi connectivity index (χ4n) is 1.50. The van der Waals surface area contributed by atoms with Gasteiger partial charge in [-0.15, -0.1) is 12.4 Å². The van der Waals surface area contributed by atoms with E-state index in [2.05, 4.69) is 15.3 Å². The van der Waals surface area contributed by atoms with Crippen LogP contribution in [0.15, 0.2) is 30.3 Å². The van der Waals surface area contributed by atoms with Gasteiger partial charge in [0.2, 0.25) is 0 Å². The Bertz CT molecular complexity index is 497. The minimum absolute atomic E-state index is 0. The van der Waals surface area contributed by atoms with E-state index in [0.29, 0.717) is 17.3 Å². The highest BCUT2D eigenvalue weighted by molar-refractivity contribution is 5.85. The van der Waals surface area contributed by atoms with Crippen LogP contribution in [0.1, 0.15) is 11.5 Å². The Kier molecular flexibility index (Phi) is 4.29. The molecule has 1 aromatic carbocycles. The molecule has 0 saturated carbocycles. The lowest BCUT2D eigenvalue weighted by Gasteiger charge is -2.08. The van der Waals surface area contributed by atoms with Gasteiger partial charge in [0.25, 0.3) is 0 Å². The van der Waals surface area contributed by atoms with Crippen molar-refractivity contribution in [2.45, 2.75) is 13.8 Å². The topological polar surface area (TPSA) is 58.0 Å². The second kappa shape index (κ2) is 5.50. The SMILES string of the molecule is Cc1cc(Nc2ccccc2O)nc(C)n1.Cl. The maximum atomic E-state index is 9.60. The molecule has 0 atom stereocenters. The van der Waals surface area contributed by atoms with E-state index in [1.807, 2.05) is 26.0 Å². The van der Waals surface area contributed by atoms with Gasteiger partial charge in [0, 0.05) is 11.8 Å². The first-order chi connectivity index (χ1) is 7.65. The van der Waals surface area contributed by atoms with Crippen LogP contribution in [0.3, 0.4) is 0 Å². The third kappa shape index (κ3) is 3.32. The van der Waals surface area contributed by atoms with Crippen LogP contribution in [0.2, 0.25) is 0 Å².